The van der Waals surface area contributed by atoms with Gasteiger partial charge in [-0.15, -0.1) is 0 Å². The van der Waals surface area contributed by atoms with Crippen LogP contribution in [0.25, 0.3) is 22.6 Å². The van der Waals surface area contributed by atoms with Gasteiger partial charge in [0.15, 0.2) is 5.58 Å². The molecular formula is C21H15BrN2O3. The van der Waals surface area contributed by atoms with Gasteiger partial charge in [-0.1, -0.05) is 58.4 Å². The Morgan fingerprint density at radius 3 is 2.63 bits per heavy atom. The van der Waals surface area contributed by atoms with Crippen molar-refractivity contribution in [2.75, 3.05) is 5.32 Å². The highest BCUT2D eigenvalue weighted by atomic mass is 79.9. The highest BCUT2D eigenvalue weighted by Crippen LogP contribution is 2.29. The van der Waals surface area contributed by atoms with Crippen molar-refractivity contribution < 1.29 is 13.9 Å². The number of benzene rings is 3. The highest BCUT2D eigenvalue weighted by molar-refractivity contribution is 9.10. The molecule has 0 saturated carbocycles. The van der Waals surface area contributed by atoms with Crippen LogP contribution in [0.1, 0.15) is 5.56 Å². The number of para-hydroxylation sites is 2. The summed E-state index contributed by atoms with van der Waals surface area (Å²) in [6, 6.07) is 22.5. The minimum absolute atomic E-state index is 0.207. The van der Waals surface area contributed by atoms with Gasteiger partial charge < -0.3 is 9.15 Å². The maximum absolute atomic E-state index is 12.1. The first-order valence-electron chi connectivity index (χ1n) is 8.32. The molecule has 0 atom stereocenters. The molecule has 0 aliphatic heterocycles. The summed E-state index contributed by atoms with van der Waals surface area (Å²) in [5, 5.41) is 2.74. The number of anilines is 1. The zero-order valence-electron chi connectivity index (χ0n) is 14.2. The van der Waals surface area contributed by atoms with Crippen LogP contribution in [0.5, 0.6) is 0 Å². The maximum atomic E-state index is 12.1. The van der Waals surface area contributed by atoms with Crippen LogP contribution in [0.3, 0.4) is 0 Å². The molecule has 4 aromatic rings. The van der Waals surface area contributed by atoms with E-state index in [1.165, 1.54) is 0 Å². The molecule has 0 unspecified atom stereocenters. The minimum atomic E-state index is -0.527. The molecule has 1 N–H and O–H groups in total. The summed E-state index contributed by atoms with van der Waals surface area (Å²) in [4.78, 5) is 16.6. The van der Waals surface area contributed by atoms with Crippen molar-refractivity contribution in [2.24, 2.45) is 0 Å². The van der Waals surface area contributed by atoms with Gasteiger partial charge in [-0.2, -0.15) is 0 Å². The predicted molar refractivity (Wildman–Crippen MR) is 107 cm³/mol. The van der Waals surface area contributed by atoms with Gasteiger partial charge >= 0.3 is 6.09 Å². The van der Waals surface area contributed by atoms with Gasteiger partial charge in [0, 0.05) is 15.7 Å². The van der Waals surface area contributed by atoms with Gasteiger partial charge in [-0.05, 0) is 35.9 Å². The van der Waals surface area contributed by atoms with Gasteiger partial charge in [-0.25, -0.2) is 9.78 Å². The van der Waals surface area contributed by atoms with Crippen molar-refractivity contribution >= 4 is 38.8 Å². The highest BCUT2D eigenvalue weighted by Gasteiger charge is 2.11. The third-order valence-electron chi connectivity index (χ3n) is 3.90. The molecule has 0 saturated heterocycles. The topological polar surface area (TPSA) is 64.4 Å². The lowest BCUT2D eigenvalue weighted by Crippen LogP contribution is -2.13. The third-order valence-corrected chi connectivity index (χ3v) is 4.36. The maximum Gasteiger partial charge on any atom is 0.411 e. The van der Waals surface area contributed by atoms with E-state index in [0.29, 0.717) is 17.2 Å². The van der Waals surface area contributed by atoms with E-state index in [1.807, 2.05) is 60.7 Å². The Morgan fingerprint density at radius 1 is 1.04 bits per heavy atom. The molecule has 0 aliphatic carbocycles. The standard InChI is InChI=1S/C21H15BrN2O3/c22-16-10-15(20-24-18-8-4-5-9-19(18)27-20)11-17(12-16)23-21(25)26-13-14-6-2-1-3-7-14/h1-12H,13H2,(H,23,25). The van der Waals surface area contributed by atoms with Crippen molar-refractivity contribution in [1.82, 2.24) is 4.98 Å². The van der Waals surface area contributed by atoms with Crippen LogP contribution < -0.4 is 5.32 Å². The van der Waals surface area contributed by atoms with Crippen LogP contribution >= 0.6 is 15.9 Å². The summed E-state index contributed by atoms with van der Waals surface area (Å²) in [6.45, 7) is 0.207. The molecule has 1 amide bonds. The smallest absolute Gasteiger partial charge is 0.411 e. The Balaban J connectivity index is 1.51. The number of halogens is 1. The van der Waals surface area contributed by atoms with Crippen LogP contribution in [0.2, 0.25) is 0 Å². The first-order chi connectivity index (χ1) is 13.2. The second kappa shape index (κ2) is 7.63. The minimum Gasteiger partial charge on any atom is -0.444 e. The van der Waals surface area contributed by atoms with Crippen LogP contribution in [0, 0.1) is 0 Å². The number of fused-ring (bicyclic) bond motifs is 1. The third kappa shape index (κ3) is 4.17. The molecule has 3 aromatic carbocycles. The molecule has 134 valence electrons. The van der Waals surface area contributed by atoms with E-state index in [2.05, 4.69) is 26.2 Å². The summed E-state index contributed by atoms with van der Waals surface area (Å²) in [5.74, 6) is 0.484. The molecule has 5 nitrogen and oxygen atoms in total. The summed E-state index contributed by atoms with van der Waals surface area (Å²) >= 11 is 3.46. The van der Waals surface area contributed by atoms with Gasteiger partial charge in [0.1, 0.15) is 12.1 Å². The summed E-state index contributed by atoms with van der Waals surface area (Å²) in [5.41, 5.74) is 3.75. The molecule has 0 bridgehead atoms. The molecule has 0 spiro atoms. The fourth-order valence-corrected chi connectivity index (χ4v) is 3.15. The second-order valence-corrected chi connectivity index (χ2v) is 6.82. The number of carbonyl (C=O) groups is 1. The Hall–Kier alpha value is -3.12. The van der Waals surface area contributed by atoms with Gasteiger partial charge in [0.2, 0.25) is 5.89 Å². The largest absolute Gasteiger partial charge is 0.444 e. The van der Waals surface area contributed by atoms with Crippen molar-refractivity contribution in [3.63, 3.8) is 0 Å². The number of hydrogen-bond acceptors (Lipinski definition) is 4. The van der Waals surface area contributed by atoms with Crippen LogP contribution in [-0.2, 0) is 11.3 Å². The van der Waals surface area contributed by atoms with Gasteiger partial charge in [0.05, 0.1) is 0 Å². The molecule has 4 rings (SSSR count). The van der Waals surface area contributed by atoms with Crippen molar-refractivity contribution in [3.05, 3.63) is 82.8 Å². The number of aromatic nitrogens is 1. The van der Waals surface area contributed by atoms with E-state index in [0.717, 1.165) is 21.1 Å². The second-order valence-electron chi connectivity index (χ2n) is 5.90. The fraction of sp³-hybridized carbons (Fsp3) is 0.0476. The Labute approximate surface area is 164 Å². The molecule has 27 heavy (non-hydrogen) atoms. The molecule has 0 radical (unpaired) electrons. The van der Waals surface area contributed by atoms with E-state index in [-0.39, 0.29) is 6.61 Å². The van der Waals surface area contributed by atoms with Crippen LogP contribution in [0.4, 0.5) is 10.5 Å². The SMILES string of the molecule is O=C(Nc1cc(Br)cc(-c2nc3ccccc3o2)c1)OCc1ccccc1. The zero-order valence-corrected chi connectivity index (χ0v) is 15.8. The van der Waals surface area contributed by atoms with Crippen molar-refractivity contribution in [1.29, 1.82) is 0 Å². The first kappa shape index (κ1) is 17.3. The first-order valence-corrected chi connectivity index (χ1v) is 9.11. The predicted octanol–water partition coefficient (Wildman–Crippen LogP) is 6.01. The van der Waals surface area contributed by atoms with Crippen LogP contribution in [0.15, 0.2) is 81.7 Å². The number of carbonyl (C=O) groups excluding carboxylic acids is 1. The monoisotopic (exact) mass is 422 g/mol. The number of rotatable bonds is 4. The average Bonchev–Trinajstić information content (AvgIpc) is 3.11. The van der Waals surface area contributed by atoms with Gasteiger partial charge in [-0.3, -0.25) is 5.32 Å². The van der Waals surface area contributed by atoms with Crippen molar-refractivity contribution in [3.8, 4) is 11.5 Å². The van der Waals surface area contributed by atoms with Crippen LogP contribution in [-0.4, -0.2) is 11.1 Å². The molecule has 0 fully saturated rings. The van der Waals surface area contributed by atoms with E-state index in [9.17, 15) is 4.79 Å². The fourth-order valence-electron chi connectivity index (χ4n) is 2.66. The number of amides is 1. The number of nitrogens with zero attached hydrogens (tertiary/aromatic N) is 1. The lowest BCUT2D eigenvalue weighted by atomic mass is 10.2. The Morgan fingerprint density at radius 2 is 1.81 bits per heavy atom. The summed E-state index contributed by atoms with van der Waals surface area (Å²) < 4.78 is 11.9. The Bertz CT molecular complexity index is 1060. The number of nitrogens with one attached hydrogen (secondary N) is 1. The normalized spacial score (nSPS) is 10.7. The summed E-state index contributed by atoms with van der Waals surface area (Å²) in [7, 11) is 0. The van der Waals surface area contributed by atoms with E-state index in [4.69, 9.17) is 9.15 Å². The zero-order chi connectivity index (χ0) is 18.6. The molecule has 1 heterocycles. The molecule has 6 heteroatoms. The number of hydrogen-bond donors (Lipinski definition) is 1. The molecular weight excluding hydrogens is 408 g/mol. The number of ether oxygens (including phenoxy) is 1. The molecule has 0 aliphatic rings. The van der Waals surface area contributed by atoms with Crippen molar-refractivity contribution in [2.45, 2.75) is 6.61 Å². The average molecular weight is 423 g/mol. The van der Waals surface area contributed by atoms with E-state index >= 15 is 0 Å². The van der Waals surface area contributed by atoms with Gasteiger partial charge in [0.25, 0.3) is 0 Å². The Kier molecular flexibility index (Phi) is 4.89. The number of oxazole rings is 1. The quantitative estimate of drug-likeness (QED) is 0.437. The van der Waals surface area contributed by atoms with E-state index < -0.39 is 6.09 Å². The van der Waals surface area contributed by atoms with E-state index in [1.54, 1.807) is 12.1 Å². The lowest BCUT2D eigenvalue weighted by Gasteiger charge is -2.08. The summed E-state index contributed by atoms with van der Waals surface area (Å²) in [6.07, 6.45) is -0.527. The lowest BCUT2D eigenvalue weighted by molar-refractivity contribution is 0.155. The molecule has 1 aromatic heterocycles.